The highest BCUT2D eigenvalue weighted by molar-refractivity contribution is 5.86. The Labute approximate surface area is 174 Å². The summed E-state index contributed by atoms with van der Waals surface area (Å²) in [6.07, 6.45) is 4.35. The molecule has 7 heteroatoms. The number of hydrogen-bond donors (Lipinski definition) is 0. The van der Waals surface area contributed by atoms with Crippen LogP contribution in [0.2, 0.25) is 0 Å². The molecule has 1 amide bonds. The predicted octanol–water partition coefficient (Wildman–Crippen LogP) is 3.98. The molecule has 2 aromatic rings. The summed E-state index contributed by atoms with van der Waals surface area (Å²) in [5.41, 5.74) is 1.27. The summed E-state index contributed by atoms with van der Waals surface area (Å²) in [5.74, 6) is -0.222. The number of carbonyl (C=O) groups is 2. The monoisotopic (exact) mass is 413 g/mol. The lowest BCUT2D eigenvalue weighted by atomic mass is 9.91. The summed E-state index contributed by atoms with van der Waals surface area (Å²) in [5, 5.41) is 0.889. The summed E-state index contributed by atoms with van der Waals surface area (Å²) in [4.78, 5) is 38.9. The van der Waals surface area contributed by atoms with Gasteiger partial charge in [-0.05, 0) is 77.0 Å². The molecule has 1 atom stereocenters. The summed E-state index contributed by atoms with van der Waals surface area (Å²) < 4.78 is 16.4. The lowest BCUT2D eigenvalue weighted by Gasteiger charge is -2.27. The van der Waals surface area contributed by atoms with Crippen molar-refractivity contribution in [2.75, 3.05) is 6.54 Å². The van der Waals surface area contributed by atoms with Crippen LogP contribution in [0.1, 0.15) is 57.6 Å². The van der Waals surface area contributed by atoms with Crippen LogP contribution in [-0.4, -0.2) is 35.2 Å². The molecule has 7 nitrogen and oxygen atoms in total. The zero-order valence-corrected chi connectivity index (χ0v) is 17.7. The number of benzene rings is 1. The van der Waals surface area contributed by atoms with Crippen LogP contribution in [0, 0.1) is 0 Å². The third-order valence-electron chi connectivity index (χ3n) is 5.57. The van der Waals surface area contributed by atoms with Gasteiger partial charge >= 0.3 is 17.7 Å². The molecule has 1 aromatic carbocycles. The van der Waals surface area contributed by atoms with Crippen molar-refractivity contribution in [1.29, 1.82) is 0 Å². The van der Waals surface area contributed by atoms with E-state index in [1.807, 2.05) is 6.07 Å². The van der Waals surface area contributed by atoms with Crippen LogP contribution in [-0.2, 0) is 22.4 Å². The number of carbonyl (C=O) groups excluding carboxylic acids is 2. The zero-order chi connectivity index (χ0) is 21.5. The molecule has 1 saturated heterocycles. The Morgan fingerprint density at radius 3 is 2.57 bits per heavy atom. The highest BCUT2D eigenvalue weighted by Crippen LogP contribution is 2.30. The molecule has 0 radical (unpaired) electrons. The second-order valence-electron chi connectivity index (χ2n) is 8.96. The molecular formula is C23H27NO6. The van der Waals surface area contributed by atoms with Gasteiger partial charge in [0.15, 0.2) is 0 Å². The fourth-order valence-electron chi connectivity index (χ4n) is 4.22. The molecule has 160 valence electrons. The molecule has 1 aromatic heterocycles. The molecule has 0 spiro atoms. The Hall–Kier alpha value is -2.83. The standard InChI is InChI=1S/C23H27NO6/c1-23(2,3)30-22(27)24-12-6-9-18(24)21(26)28-14-10-11-16-15-7-4-5-8-17(15)20(25)29-19(16)13-14/h10-11,13,18H,4-9,12H2,1-3H3/t18-/m1/s1. The maximum absolute atomic E-state index is 12.8. The SMILES string of the molecule is CC(C)(C)OC(=O)N1CCC[C@@H]1C(=O)Oc1ccc2c3c(c(=O)oc2c1)CCCC3. The van der Waals surface area contributed by atoms with Crippen molar-refractivity contribution in [3.05, 3.63) is 39.7 Å². The number of ether oxygens (including phenoxy) is 2. The number of hydrogen-bond acceptors (Lipinski definition) is 6. The summed E-state index contributed by atoms with van der Waals surface area (Å²) in [7, 11) is 0. The van der Waals surface area contributed by atoms with Gasteiger partial charge in [-0.3, -0.25) is 4.90 Å². The van der Waals surface area contributed by atoms with Crippen molar-refractivity contribution in [3.63, 3.8) is 0 Å². The summed E-state index contributed by atoms with van der Waals surface area (Å²) in [6, 6.07) is 4.44. The van der Waals surface area contributed by atoms with Gasteiger partial charge in [-0.25, -0.2) is 14.4 Å². The molecule has 0 bridgehead atoms. The van der Waals surface area contributed by atoms with E-state index in [0.717, 1.165) is 42.2 Å². The van der Waals surface area contributed by atoms with Crippen molar-refractivity contribution in [2.45, 2.75) is 70.9 Å². The van der Waals surface area contributed by atoms with E-state index in [4.69, 9.17) is 13.9 Å². The van der Waals surface area contributed by atoms with E-state index >= 15 is 0 Å². The summed E-state index contributed by atoms with van der Waals surface area (Å²) in [6.45, 7) is 5.81. The Morgan fingerprint density at radius 1 is 1.10 bits per heavy atom. The molecule has 2 aliphatic rings. The quantitative estimate of drug-likeness (QED) is 0.421. The van der Waals surface area contributed by atoms with E-state index in [0.29, 0.717) is 30.7 Å². The van der Waals surface area contributed by atoms with Crippen molar-refractivity contribution >= 4 is 23.0 Å². The number of likely N-dealkylation sites (tertiary alicyclic amines) is 1. The lowest BCUT2D eigenvalue weighted by molar-refractivity contribution is -0.139. The molecule has 2 heterocycles. The minimum Gasteiger partial charge on any atom is -0.444 e. The zero-order valence-electron chi connectivity index (χ0n) is 17.7. The van der Waals surface area contributed by atoms with Gasteiger partial charge in [-0.2, -0.15) is 0 Å². The molecule has 1 fully saturated rings. The number of nitrogens with zero attached hydrogens (tertiary/aromatic N) is 1. The number of aryl methyl sites for hydroxylation is 1. The molecule has 1 aliphatic heterocycles. The van der Waals surface area contributed by atoms with Crippen molar-refractivity contribution in [2.24, 2.45) is 0 Å². The van der Waals surface area contributed by atoms with Crippen molar-refractivity contribution in [3.8, 4) is 5.75 Å². The van der Waals surface area contributed by atoms with Gasteiger partial charge < -0.3 is 13.9 Å². The van der Waals surface area contributed by atoms with Crippen LogP contribution in [0.3, 0.4) is 0 Å². The Balaban J connectivity index is 1.54. The molecule has 1 aliphatic carbocycles. The minimum atomic E-state index is -0.689. The molecule has 0 unspecified atom stereocenters. The number of fused-ring (bicyclic) bond motifs is 3. The average molecular weight is 413 g/mol. The van der Waals surface area contributed by atoms with Gasteiger partial charge in [-0.1, -0.05) is 0 Å². The predicted molar refractivity (Wildman–Crippen MR) is 111 cm³/mol. The van der Waals surface area contributed by atoms with Crippen LogP contribution < -0.4 is 10.4 Å². The van der Waals surface area contributed by atoms with Gasteiger partial charge in [-0.15, -0.1) is 0 Å². The molecule has 4 rings (SSSR count). The lowest BCUT2D eigenvalue weighted by Crippen LogP contribution is -2.44. The third kappa shape index (κ3) is 4.06. The normalized spacial score (nSPS) is 18.9. The Kier molecular flexibility index (Phi) is 5.30. The number of esters is 1. The van der Waals surface area contributed by atoms with Crippen LogP contribution >= 0.6 is 0 Å². The number of rotatable bonds is 2. The first-order chi connectivity index (χ1) is 14.2. The molecule has 0 saturated carbocycles. The first-order valence-corrected chi connectivity index (χ1v) is 10.5. The first-order valence-electron chi connectivity index (χ1n) is 10.5. The van der Waals surface area contributed by atoms with Gasteiger partial charge in [0, 0.05) is 23.6 Å². The largest absolute Gasteiger partial charge is 0.444 e. The molecule has 30 heavy (non-hydrogen) atoms. The van der Waals surface area contributed by atoms with E-state index in [1.165, 1.54) is 4.90 Å². The van der Waals surface area contributed by atoms with Gasteiger partial charge in [0.1, 0.15) is 23.0 Å². The van der Waals surface area contributed by atoms with Crippen LogP contribution in [0.25, 0.3) is 11.0 Å². The minimum absolute atomic E-state index is 0.294. The highest BCUT2D eigenvalue weighted by atomic mass is 16.6. The second kappa shape index (κ2) is 7.78. The summed E-state index contributed by atoms with van der Waals surface area (Å²) >= 11 is 0. The van der Waals surface area contributed by atoms with Crippen LogP contribution in [0.5, 0.6) is 5.75 Å². The molecular weight excluding hydrogens is 386 g/mol. The molecule has 0 N–H and O–H groups in total. The van der Waals surface area contributed by atoms with Gasteiger partial charge in [0.25, 0.3) is 0 Å². The third-order valence-corrected chi connectivity index (χ3v) is 5.57. The number of amides is 1. The fraction of sp³-hybridized carbons (Fsp3) is 0.522. The van der Waals surface area contributed by atoms with Gasteiger partial charge in [0.05, 0.1) is 0 Å². The second-order valence-corrected chi connectivity index (χ2v) is 8.96. The topological polar surface area (TPSA) is 86.0 Å². The first kappa shape index (κ1) is 20.4. The van der Waals surface area contributed by atoms with Gasteiger partial charge in [0.2, 0.25) is 0 Å². The van der Waals surface area contributed by atoms with E-state index in [9.17, 15) is 14.4 Å². The Bertz CT molecular complexity index is 1050. The van der Waals surface area contributed by atoms with E-state index in [1.54, 1.807) is 32.9 Å². The maximum atomic E-state index is 12.8. The smallest absolute Gasteiger partial charge is 0.411 e. The van der Waals surface area contributed by atoms with Crippen LogP contribution in [0.15, 0.2) is 27.4 Å². The van der Waals surface area contributed by atoms with E-state index < -0.39 is 23.7 Å². The van der Waals surface area contributed by atoms with E-state index in [-0.39, 0.29) is 5.63 Å². The van der Waals surface area contributed by atoms with Crippen molar-refractivity contribution < 1.29 is 23.5 Å². The average Bonchev–Trinajstić information content (AvgIpc) is 3.17. The van der Waals surface area contributed by atoms with Crippen LogP contribution in [0.4, 0.5) is 4.79 Å². The Morgan fingerprint density at radius 2 is 1.83 bits per heavy atom. The fourth-order valence-corrected chi connectivity index (χ4v) is 4.22. The highest BCUT2D eigenvalue weighted by Gasteiger charge is 2.38. The van der Waals surface area contributed by atoms with Crippen molar-refractivity contribution in [1.82, 2.24) is 4.90 Å². The van der Waals surface area contributed by atoms with E-state index in [2.05, 4.69) is 0 Å². The maximum Gasteiger partial charge on any atom is 0.411 e.